The van der Waals surface area contributed by atoms with E-state index in [1.165, 1.54) is 37.9 Å². The molecule has 0 spiro atoms. The first-order chi connectivity index (χ1) is 10.3. The van der Waals surface area contributed by atoms with Crippen molar-refractivity contribution in [2.75, 3.05) is 44.2 Å². The summed E-state index contributed by atoms with van der Waals surface area (Å²) in [4.78, 5) is 9.57. The SMILES string of the molecule is Cc1cccnc1N1CCCOC(CN2CCCCC2)C1. The Morgan fingerprint density at radius 2 is 2.05 bits per heavy atom. The lowest BCUT2D eigenvalue weighted by atomic mass is 10.1. The van der Waals surface area contributed by atoms with Gasteiger partial charge in [-0.05, 0) is 50.9 Å². The monoisotopic (exact) mass is 289 g/mol. The van der Waals surface area contributed by atoms with Gasteiger partial charge in [-0.25, -0.2) is 4.98 Å². The van der Waals surface area contributed by atoms with Crippen LogP contribution in [0, 0.1) is 6.92 Å². The van der Waals surface area contributed by atoms with Crippen LogP contribution in [0.15, 0.2) is 18.3 Å². The number of hydrogen-bond acceptors (Lipinski definition) is 4. The summed E-state index contributed by atoms with van der Waals surface area (Å²) in [5.41, 5.74) is 1.26. The molecule has 1 unspecified atom stereocenters. The number of pyridine rings is 1. The van der Waals surface area contributed by atoms with Gasteiger partial charge in [0, 0.05) is 32.4 Å². The molecule has 0 bridgehead atoms. The summed E-state index contributed by atoms with van der Waals surface area (Å²) < 4.78 is 6.09. The summed E-state index contributed by atoms with van der Waals surface area (Å²) in [5.74, 6) is 1.13. The molecule has 1 aromatic heterocycles. The zero-order valence-electron chi connectivity index (χ0n) is 13.1. The number of hydrogen-bond donors (Lipinski definition) is 0. The van der Waals surface area contributed by atoms with Gasteiger partial charge in [-0.3, -0.25) is 0 Å². The molecule has 1 atom stereocenters. The first kappa shape index (κ1) is 14.8. The highest BCUT2D eigenvalue weighted by Crippen LogP contribution is 2.20. The summed E-state index contributed by atoms with van der Waals surface area (Å²) in [5, 5.41) is 0. The predicted octanol–water partition coefficient (Wildman–Crippen LogP) is 2.47. The van der Waals surface area contributed by atoms with Gasteiger partial charge < -0.3 is 14.5 Å². The van der Waals surface area contributed by atoms with Crippen molar-refractivity contribution in [3.63, 3.8) is 0 Å². The van der Waals surface area contributed by atoms with Crippen LogP contribution < -0.4 is 4.90 Å². The molecule has 0 amide bonds. The van der Waals surface area contributed by atoms with Gasteiger partial charge in [0.2, 0.25) is 0 Å². The zero-order valence-corrected chi connectivity index (χ0v) is 13.1. The molecular formula is C17H27N3O. The molecule has 4 nitrogen and oxygen atoms in total. The van der Waals surface area contributed by atoms with Crippen LogP contribution in [0.2, 0.25) is 0 Å². The lowest BCUT2D eigenvalue weighted by molar-refractivity contribution is 0.0350. The Kier molecular flexibility index (Phi) is 5.09. The largest absolute Gasteiger partial charge is 0.375 e. The number of rotatable bonds is 3. The first-order valence-corrected chi connectivity index (χ1v) is 8.33. The van der Waals surface area contributed by atoms with Gasteiger partial charge >= 0.3 is 0 Å². The molecule has 116 valence electrons. The Bertz CT molecular complexity index is 445. The minimum Gasteiger partial charge on any atom is -0.375 e. The molecular weight excluding hydrogens is 262 g/mol. The maximum atomic E-state index is 6.09. The number of piperidine rings is 1. The summed E-state index contributed by atoms with van der Waals surface area (Å²) in [7, 11) is 0. The third-order valence-corrected chi connectivity index (χ3v) is 4.54. The van der Waals surface area contributed by atoms with Crippen LogP contribution in [0.25, 0.3) is 0 Å². The average molecular weight is 289 g/mol. The van der Waals surface area contributed by atoms with Crippen molar-refractivity contribution in [2.45, 2.75) is 38.7 Å². The van der Waals surface area contributed by atoms with Crippen molar-refractivity contribution in [3.05, 3.63) is 23.9 Å². The van der Waals surface area contributed by atoms with E-state index in [0.29, 0.717) is 6.10 Å². The number of likely N-dealkylation sites (tertiary alicyclic amines) is 1. The molecule has 0 N–H and O–H groups in total. The molecule has 2 saturated heterocycles. The van der Waals surface area contributed by atoms with E-state index in [9.17, 15) is 0 Å². The first-order valence-electron chi connectivity index (χ1n) is 8.33. The molecule has 4 heteroatoms. The quantitative estimate of drug-likeness (QED) is 0.855. The van der Waals surface area contributed by atoms with Crippen molar-refractivity contribution in [3.8, 4) is 0 Å². The van der Waals surface area contributed by atoms with Crippen molar-refractivity contribution in [1.29, 1.82) is 0 Å². The molecule has 2 aliphatic heterocycles. The molecule has 2 fully saturated rings. The van der Waals surface area contributed by atoms with Crippen molar-refractivity contribution < 1.29 is 4.74 Å². The van der Waals surface area contributed by atoms with Crippen LogP contribution in [0.3, 0.4) is 0 Å². The number of aryl methyl sites for hydroxylation is 1. The second-order valence-corrected chi connectivity index (χ2v) is 6.30. The average Bonchev–Trinajstić information content (AvgIpc) is 2.74. The molecule has 0 saturated carbocycles. The maximum absolute atomic E-state index is 6.09. The van der Waals surface area contributed by atoms with Crippen LogP contribution >= 0.6 is 0 Å². The van der Waals surface area contributed by atoms with Gasteiger partial charge in [0.15, 0.2) is 0 Å². The predicted molar refractivity (Wildman–Crippen MR) is 85.8 cm³/mol. The molecule has 2 aliphatic rings. The topological polar surface area (TPSA) is 28.6 Å². The van der Waals surface area contributed by atoms with Crippen molar-refractivity contribution in [1.82, 2.24) is 9.88 Å². The third kappa shape index (κ3) is 3.95. The van der Waals surface area contributed by atoms with E-state index in [0.717, 1.165) is 38.5 Å². The van der Waals surface area contributed by atoms with Crippen LogP contribution in [0.4, 0.5) is 5.82 Å². The fraction of sp³-hybridized carbons (Fsp3) is 0.706. The maximum Gasteiger partial charge on any atom is 0.131 e. The minimum absolute atomic E-state index is 0.312. The Hall–Kier alpha value is -1.13. The summed E-state index contributed by atoms with van der Waals surface area (Å²) >= 11 is 0. The van der Waals surface area contributed by atoms with Crippen LogP contribution in [-0.2, 0) is 4.74 Å². The molecule has 1 aromatic rings. The van der Waals surface area contributed by atoms with Crippen LogP contribution in [0.1, 0.15) is 31.2 Å². The second-order valence-electron chi connectivity index (χ2n) is 6.30. The highest BCUT2D eigenvalue weighted by molar-refractivity contribution is 5.46. The van der Waals surface area contributed by atoms with E-state index in [-0.39, 0.29) is 0 Å². The Morgan fingerprint density at radius 1 is 1.19 bits per heavy atom. The third-order valence-electron chi connectivity index (χ3n) is 4.54. The molecule has 0 radical (unpaired) electrons. The van der Waals surface area contributed by atoms with E-state index in [4.69, 9.17) is 4.74 Å². The molecule has 21 heavy (non-hydrogen) atoms. The zero-order chi connectivity index (χ0) is 14.5. The van der Waals surface area contributed by atoms with E-state index in [2.05, 4.69) is 27.8 Å². The lowest BCUT2D eigenvalue weighted by Gasteiger charge is -2.32. The number of anilines is 1. The van der Waals surface area contributed by atoms with Gasteiger partial charge in [-0.1, -0.05) is 12.5 Å². The molecule has 3 heterocycles. The van der Waals surface area contributed by atoms with Gasteiger partial charge in [0.25, 0.3) is 0 Å². The van der Waals surface area contributed by atoms with Gasteiger partial charge in [-0.2, -0.15) is 0 Å². The van der Waals surface area contributed by atoms with Crippen molar-refractivity contribution >= 4 is 5.82 Å². The van der Waals surface area contributed by atoms with Gasteiger partial charge in [0.1, 0.15) is 5.82 Å². The Morgan fingerprint density at radius 3 is 2.86 bits per heavy atom. The van der Waals surface area contributed by atoms with Crippen LogP contribution in [-0.4, -0.2) is 55.3 Å². The molecule has 0 aromatic carbocycles. The highest BCUT2D eigenvalue weighted by atomic mass is 16.5. The fourth-order valence-corrected chi connectivity index (χ4v) is 3.44. The standard InChI is InChI=1S/C17H27N3O/c1-15-7-5-8-18-17(15)20-11-6-12-21-16(14-20)13-19-9-3-2-4-10-19/h5,7-8,16H,2-4,6,9-14H2,1H3. The Balaban J connectivity index is 1.64. The van der Waals surface area contributed by atoms with Gasteiger partial charge in [0.05, 0.1) is 6.10 Å². The number of aromatic nitrogens is 1. The second kappa shape index (κ2) is 7.23. The fourth-order valence-electron chi connectivity index (χ4n) is 3.44. The molecule has 0 aliphatic carbocycles. The number of ether oxygens (including phenoxy) is 1. The van der Waals surface area contributed by atoms with Gasteiger partial charge in [-0.15, -0.1) is 0 Å². The number of nitrogens with zero attached hydrogens (tertiary/aromatic N) is 3. The normalized spacial score (nSPS) is 24.8. The summed E-state index contributed by atoms with van der Waals surface area (Å²) in [6.07, 6.45) is 7.37. The molecule has 3 rings (SSSR count). The summed E-state index contributed by atoms with van der Waals surface area (Å²) in [6.45, 7) is 8.59. The van der Waals surface area contributed by atoms with Crippen LogP contribution in [0.5, 0.6) is 0 Å². The van der Waals surface area contributed by atoms with E-state index in [1.54, 1.807) is 0 Å². The van der Waals surface area contributed by atoms with Crippen molar-refractivity contribution in [2.24, 2.45) is 0 Å². The highest BCUT2D eigenvalue weighted by Gasteiger charge is 2.23. The van der Waals surface area contributed by atoms with E-state index in [1.807, 2.05) is 12.3 Å². The van der Waals surface area contributed by atoms with E-state index < -0.39 is 0 Å². The smallest absolute Gasteiger partial charge is 0.131 e. The minimum atomic E-state index is 0.312. The summed E-state index contributed by atoms with van der Waals surface area (Å²) in [6, 6.07) is 4.16. The Labute approximate surface area is 128 Å². The lowest BCUT2D eigenvalue weighted by Crippen LogP contribution is -2.42. The van der Waals surface area contributed by atoms with E-state index >= 15 is 0 Å².